The molecule has 10 nitrogen and oxygen atoms in total. The van der Waals surface area contributed by atoms with E-state index in [0.717, 1.165) is 11.1 Å². The maximum Gasteiger partial charge on any atom is 0.230 e. The molecule has 4 rings (SSSR count). The quantitative estimate of drug-likeness (QED) is 0.305. The summed E-state index contributed by atoms with van der Waals surface area (Å²) in [6.45, 7) is 0.510. The minimum atomic E-state index is -0.0776. The van der Waals surface area contributed by atoms with Gasteiger partial charge >= 0.3 is 0 Å². The lowest BCUT2D eigenvalue weighted by atomic mass is 10.1. The number of nitrogens with one attached hydrogen (secondary N) is 1. The zero-order valence-corrected chi connectivity index (χ0v) is 21.3. The molecule has 0 saturated carbocycles. The highest BCUT2D eigenvalue weighted by Crippen LogP contribution is 2.32. The molecular formula is C25H27N5O5S. The number of aromatic nitrogens is 4. The predicted molar refractivity (Wildman–Crippen MR) is 136 cm³/mol. The first-order valence-corrected chi connectivity index (χ1v) is 12.1. The first-order chi connectivity index (χ1) is 17.6. The van der Waals surface area contributed by atoms with Crippen LogP contribution in [0, 0.1) is 0 Å². The van der Waals surface area contributed by atoms with Crippen LogP contribution in [0.3, 0.4) is 0 Å². The molecule has 0 spiro atoms. The van der Waals surface area contributed by atoms with Gasteiger partial charge in [0.05, 0.1) is 34.2 Å². The summed E-state index contributed by atoms with van der Waals surface area (Å²) in [7, 11) is 6.36. The topological polar surface area (TPSA) is 109 Å². The summed E-state index contributed by atoms with van der Waals surface area (Å²) in [4.78, 5) is 12.4. The molecule has 11 heteroatoms. The molecule has 0 aliphatic rings. The Labute approximate surface area is 212 Å². The van der Waals surface area contributed by atoms with E-state index >= 15 is 0 Å². The zero-order valence-electron chi connectivity index (χ0n) is 20.5. The lowest BCUT2D eigenvalue weighted by Gasteiger charge is -2.10. The van der Waals surface area contributed by atoms with Crippen LogP contribution < -0.4 is 24.3 Å². The largest absolute Gasteiger partial charge is 0.493 e. The Bertz CT molecular complexity index is 1360. The van der Waals surface area contributed by atoms with Crippen LogP contribution in [0.15, 0.2) is 53.6 Å². The van der Waals surface area contributed by atoms with E-state index in [1.807, 2.05) is 42.5 Å². The fourth-order valence-corrected chi connectivity index (χ4v) is 4.26. The summed E-state index contributed by atoms with van der Waals surface area (Å²) in [6, 6.07) is 14.9. The van der Waals surface area contributed by atoms with Crippen LogP contribution in [-0.2, 0) is 11.2 Å². The van der Waals surface area contributed by atoms with Crippen molar-refractivity contribution in [1.82, 2.24) is 25.1 Å². The van der Waals surface area contributed by atoms with Crippen LogP contribution in [-0.4, -0.2) is 66.5 Å². The molecule has 2 aromatic heterocycles. The molecule has 36 heavy (non-hydrogen) atoms. The van der Waals surface area contributed by atoms with Crippen LogP contribution >= 0.6 is 11.8 Å². The number of carbonyl (C=O) groups is 1. The number of rotatable bonds is 11. The van der Waals surface area contributed by atoms with Crippen molar-refractivity contribution < 1.29 is 23.7 Å². The van der Waals surface area contributed by atoms with Gasteiger partial charge in [-0.1, -0.05) is 17.8 Å². The number of thioether (sulfide) groups is 1. The van der Waals surface area contributed by atoms with Gasteiger partial charge in [-0.05, 0) is 54.4 Å². The van der Waals surface area contributed by atoms with Crippen LogP contribution in [0.2, 0.25) is 0 Å². The molecule has 2 aromatic carbocycles. The number of carbonyl (C=O) groups excluding carboxylic acids is 1. The Morgan fingerprint density at radius 2 is 1.56 bits per heavy atom. The van der Waals surface area contributed by atoms with Crippen LogP contribution in [0.5, 0.6) is 23.0 Å². The Morgan fingerprint density at radius 3 is 2.28 bits per heavy atom. The number of ether oxygens (including phenoxy) is 4. The SMILES string of the molecule is COc1ccc(CCNC(=O)CSc2ccc3nnc(-c4ccc(OC)c(OC)c4)n3n2)cc1OC. The van der Waals surface area contributed by atoms with Gasteiger partial charge in [0.2, 0.25) is 5.91 Å². The van der Waals surface area contributed by atoms with Gasteiger partial charge in [-0.3, -0.25) is 4.79 Å². The molecule has 1 N–H and O–H groups in total. The molecule has 0 fully saturated rings. The fraction of sp³-hybridized carbons (Fsp3) is 0.280. The van der Waals surface area contributed by atoms with Crippen molar-refractivity contribution in [2.24, 2.45) is 0 Å². The second-order valence-corrected chi connectivity index (χ2v) is 8.61. The highest BCUT2D eigenvalue weighted by Gasteiger charge is 2.14. The summed E-state index contributed by atoms with van der Waals surface area (Å²) in [5.74, 6) is 3.27. The van der Waals surface area contributed by atoms with E-state index < -0.39 is 0 Å². The first-order valence-electron chi connectivity index (χ1n) is 11.1. The van der Waals surface area contributed by atoms with E-state index in [-0.39, 0.29) is 11.7 Å². The molecule has 0 aliphatic carbocycles. The number of methoxy groups -OCH3 is 4. The maximum absolute atomic E-state index is 12.4. The molecule has 4 aromatic rings. The molecule has 0 radical (unpaired) electrons. The highest BCUT2D eigenvalue weighted by atomic mass is 32.2. The Hall–Kier alpha value is -3.99. The number of hydrogen-bond acceptors (Lipinski definition) is 9. The summed E-state index contributed by atoms with van der Waals surface area (Å²) >= 11 is 1.34. The second kappa shape index (κ2) is 11.6. The minimum absolute atomic E-state index is 0.0776. The lowest BCUT2D eigenvalue weighted by molar-refractivity contribution is -0.118. The molecule has 0 atom stereocenters. The summed E-state index contributed by atoms with van der Waals surface area (Å²) in [5.41, 5.74) is 2.43. The summed E-state index contributed by atoms with van der Waals surface area (Å²) < 4.78 is 22.9. The van der Waals surface area contributed by atoms with Crippen molar-refractivity contribution in [2.45, 2.75) is 11.4 Å². The number of amides is 1. The van der Waals surface area contributed by atoms with E-state index in [2.05, 4.69) is 20.6 Å². The normalized spacial score (nSPS) is 10.8. The van der Waals surface area contributed by atoms with E-state index in [0.29, 0.717) is 52.5 Å². The standard InChI is InChI=1S/C25H27N5O5S/c1-32-18-7-5-16(13-20(18)34-3)11-12-26-23(31)15-36-24-10-9-22-27-28-25(30(22)29-24)17-6-8-19(33-2)21(14-17)35-4/h5-10,13-14H,11-12,15H2,1-4H3,(H,26,31). The van der Waals surface area contributed by atoms with Gasteiger partial charge in [0.1, 0.15) is 5.03 Å². The zero-order chi connectivity index (χ0) is 25.5. The van der Waals surface area contributed by atoms with Crippen LogP contribution in [0.1, 0.15) is 5.56 Å². The molecule has 2 heterocycles. The number of hydrogen-bond donors (Lipinski definition) is 1. The minimum Gasteiger partial charge on any atom is -0.493 e. The van der Waals surface area contributed by atoms with E-state index in [1.54, 1.807) is 39.0 Å². The van der Waals surface area contributed by atoms with Gasteiger partial charge in [-0.25, -0.2) is 0 Å². The Kier molecular flexibility index (Phi) is 8.11. The summed E-state index contributed by atoms with van der Waals surface area (Å²) in [5, 5.41) is 16.7. The van der Waals surface area contributed by atoms with Crippen molar-refractivity contribution in [3.05, 3.63) is 54.1 Å². The summed E-state index contributed by atoms with van der Waals surface area (Å²) in [6.07, 6.45) is 0.677. The Balaban J connectivity index is 1.37. The van der Waals surface area contributed by atoms with Gasteiger partial charge < -0.3 is 24.3 Å². The average Bonchev–Trinajstić information content (AvgIpc) is 3.34. The number of fused-ring (bicyclic) bond motifs is 1. The van der Waals surface area contributed by atoms with Crippen molar-refractivity contribution >= 4 is 23.3 Å². The lowest BCUT2D eigenvalue weighted by Crippen LogP contribution is -2.27. The van der Waals surface area contributed by atoms with Crippen LogP contribution in [0.4, 0.5) is 0 Å². The molecule has 0 unspecified atom stereocenters. The van der Waals surface area contributed by atoms with Gasteiger partial charge in [0.15, 0.2) is 34.5 Å². The fourth-order valence-electron chi connectivity index (χ4n) is 3.58. The van der Waals surface area contributed by atoms with Crippen molar-refractivity contribution in [2.75, 3.05) is 40.7 Å². The predicted octanol–water partition coefficient (Wildman–Crippen LogP) is 3.28. The van der Waals surface area contributed by atoms with Crippen LogP contribution in [0.25, 0.3) is 17.0 Å². The maximum atomic E-state index is 12.4. The number of nitrogens with zero attached hydrogens (tertiary/aromatic N) is 4. The van der Waals surface area contributed by atoms with Crippen molar-refractivity contribution in [3.63, 3.8) is 0 Å². The molecule has 0 saturated heterocycles. The van der Waals surface area contributed by atoms with Gasteiger partial charge in [-0.15, -0.1) is 10.2 Å². The molecule has 1 amide bonds. The average molecular weight is 510 g/mol. The third kappa shape index (κ3) is 5.62. The third-order valence-corrected chi connectivity index (χ3v) is 6.34. The highest BCUT2D eigenvalue weighted by molar-refractivity contribution is 7.99. The monoisotopic (exact) mass is 509 g/mol. The van der Waals surface area contributed by atoms with Gasteiger partial charge in [-0.2, -0.15) is 9.61 Å². The Morgan fingerprint density at radius 1 is 0.861 bits per heavy atom. The van der Waals surface area contributed by atoms with Gasteiger partial charge in [0, 0.05) is 12.1 Å². The molecule has 0 bridgehead atoms. The van der Waals surface area contributed by atoms with Crippen molar-refractivity contribution in [1.29, 1.82) is 0 Å². The smallest absolute Gasteiger partial charge is 0.230 e. The molecule has 0 aliphatic heterocycles. The van der Waals surface area contributed by atoms with E-state index in [1.165, 1.54) is 11.8 Å². The first kappa shape index (κ1) is 25.1. The molecule has 188 valence electrons. The van der Waals surface area contributed by atoms with Gasteiger partial charge in [0.25, 0.3) is 0 Å². The van der Waals surface area contributed by atoms with E-state index in [9.17, 15) is 4.79 Å². The second-order valence-electron chi connectivity index (χ2n) is 7.61. The molecular weight excluding hydrogens is 482 g/mol. The van der Waals surface area contributed by atoms with Crippen molar-refractivity contribution in [3.8, 4) is 34.4 Å². The number of benzene rings is 2. The third-order valence-electron chi connectivity index (χ3n) is 5.42. The van der Waals surface area contributed by atoms with E-state index in [4.69, 9.17) is 18.9 Å².